The second kappa shape index (κ2) is 14.7. The molecule has 49 heavy (non-hydrogen) atoms. The molecule has 2 aromatic heterocycles. The van der Waals surface area contributed by atoms with E-state index in [1.54, 1.807) is 36.7 Å². The molecule has 3 fully saturated rings. The van der Waals surface area contributed by atoms with Crippen molar-refractivity contribution in [1.29, 1.82) is 0 Å². The summed E-state index contributed by atoms with van der Waals surface area (Å²) >= 11 is 0. The molecule has 1 aliphatic carbocycles. The minimum absolute atomic E-state index is 0.0870. The fourth-order valence-electron chi connectivity index (χ4n) is 5.11. The Morgan fingerprint density at radius 3 is 1.41 bits per heavy atom. The van der Waals surface area contributed by atoms with Crippen molar-refractivity contribution in [3.05, 3.63) is 107 Å². The Morgan fingerprint density at radius 2 is 1.08 bits per heavy atom. The van der Waals surface area contributed by atoms with Gasteiger partial charge in [-0.15, -0.1) is 0 Å². The van der Waals surface area contributed by atoms with Gasteiger partial charge in [0, 0.05) is 67.3 Å². The topological polar surface area (TPSA) is 134 Å². The molecular formula is C34H33F5N8O2. The second-order valence-electron chi connectivity index (χ2n) is 12.2. The van der Waals surface area contributed by atoms with Gasteiger partial charge in [-0.05, 0) is 61.1 Å². The van der Waals surface area contributed by atoms with Gasteiger partial charge in [0.1, 0.15) is 18.2 Å². The first-order valence-electron chi connectivity index (χ1n) is 15.8. The average molecular weight is 681 g/mol. The number of carbonyl (C=O) groups excluding carboxylic acids is 2. The minimum Gasteiger partial charge on any atom is -0.322 e. The van der Waals surface area contributed by atoms with E-state index in [1.807, 2.05) is 24.3 Å². The largest absolute Gasteiger partial charge is 0.451 e. The predicted molar refractivity (Wildman–Crippen MR) is 171 cm³/mol. The number of nitrogens with zero attached hydrogens (tertiary/aromatic N) is 4. The quantitative estimate of drug-likeness (QED) is 0.181. The van der Waals surface area contributed by atoms with Crippen LogP contribution in [0.4, 0.5) is 33.3 Å². The lowest BCUT2D eigenvalue weighted by Gasteiger charge is -2.32. The van der Waals surface area contributed by atoms with E-state index in [1.165, 1.54) is 0 Å². The molecule has 7 rings (SSSR count). The maximum atomic E-state index is 13.3. The van der Waals surface area contributed by atoms with E-state index in [4.69, 9.17) is 0 Å². The number of aromatic nitrogens is 4. The van der Waals surface area contributed by atoms with E-state index in [9.17, 15) is 31.5 Å². The van der Waals surface area contributed by atoms with Gasteiger partial charge in [0.25, 0.3) is 11.8 Å². The van der Waals surface area contributed by atoms with Gasteiger partial charge >= 0.3 is 6.18 Å². The van der Waals surface area contributed by atoms with E-state index < -0.39 is 30.3 Å². The molecule has 4 aromatic rings. The molecule has 0 bridgehead atoms. The molecule has 0 unspecified atom stereocenters. The Labute approximate surface area is 278 Å². The maximum Gasteiger partial charge on any atom is 0.451 e. The van der Waals surface area contributed by atoms with Gasteiger partial charge in [0.05, 0.1) is 11.1 Å². The van der Waals surface area contributed by atoms with Crippen LogP contribution in [0.1, 0.15) is 62.3 Å². The van der Waals surface area contributed by atoms with Crippen molar-refractivity contribution in [3.63, 3.8) is 0 Å². The molecular weight excluding hydrogens is 647 g/mol. The number of rotatable bonds is 9. The summed E-state index contributed by atoms with van der Waals surface area (Å²) < 4.78 is 63.7. The Hall–Kier alpha value is -4.89. The maximum absolute atomic E-state index is 13.3. The zero-order chi connectivity index (χ0) is 34.5. The molecule has 15 heteroatoms. The van der Waals surface area contributed by atoms with Crippen molar-refractivity contribution in [2.45, 2.75) is 62.2 Å². The first-order valence-corrected chi connectivity index (χ1v) is 15.8. The first-order chi connectivity index (χ1) is 23.5. The van der Waals surface area contributed by atoms with Crippen LogP contribution < -0.4 is 21.3 Å². The van der Waals surface area contributed by atoms with Crippen LogP contribution in [0.2, 0.25) is 0 Å². The number of amides is 2. The molecule has 4 heterocycles. The Balaban J connectivity index is 0.000000170. The standard InChI is InChI=1S/C18H19FN4O.C16H14F4N4O/c19-15-10-20-16(15)7-11-1-5-14(6-2-11)23-18(24)13-8-21-17(22-9-13)12-3-4-12;17-12-8-21-13(12)5-9-1-3-11(4-2-9)24-14(25)10-6-22-15(23-7-10)16(18,19)20/h1-2,5-6,8-9,12,15-16,20H,3-4,7,10H2,(H,23,24);1-4,6-7,12-13,21H,5,8H2,(H,24,25)/t15-,16-;12-,13-/m00/s1. The summed E-state index contributed by atoms with van der Waals surface area (Å²) in [4.78, 5) is 39.0. The number of hydrogen-bond donors (Lipinski definition) is 4. The Kier molecular flexibility index (Phi) is 10.2. The van der Waals surface area contributed by atoms with E-state index in [0.29, 0.717) is 48.8 Å². The number of nitrogens with one attached hydrogen (secondary N) is 4. The number of benzene rings is 2. The Bertz CT molecular complexity index is 1740. The highest BCUT2D eigenvalue weighted by Crippen LogP contribution is 2.37. The highest BCUT2D eigenvalue weighted by atomic mass is 19.4. The van der Waals surface area contributed by atoms with Crippen molar-refractivity contribution in [1.82, 2.24) is 30.6 Å². The number of alkyl halides is 5. The number of hydrogen-bond acceptors (Lipinski definition) is 8. The predicted octanol–water partition coefficient (Wildman–Crippen LogP) is 5.06. The smallest absolute Gasteiger partial charge is 0.322 e. The van der Waals surface area contributed by atoms with Gasteiger partial charge in [0.15, 0.2) is 0 Å². The number of halogens is 5. The third kappa shape index (κ3) is 8.97. The summed E-state index contributed by atoms with van der Waals surface area (Å²) in [6, 6.07) is 14.0. The van der Waals surface area contributed by atoms with Crippen LogP contribution in [-0.4, -0.2) is 69.3 Å². The van der Waals surface area contributed by atoms with Gasteiger partial charge in [-0.3, -0.25) is 9.59 Å². The first kappa shape index (κ1) is 34.0. The van der Waals surface area contributed by atoms with Gasteiger partial charge in [-0.25, -0.2) is 28.7 Å². The zero-order valence-corrected chi connectivity index (χ0v) is 26.1. The average Bonchev–Trinajstić information content (AvgIpc) is 3.95. The molecule has 10 nitrogen and oxygen atoms in total. The van der Waals surface area contributed by atoms with Crippen molar-refractivity contribution in [2.24, 2.45) is 0 Å². The van der Waals surface area contributed by atoms with Gasteiger partial charge < -0.3 is 21.3 Å². The minimum atomic E-state index is -4.65. The third-order valence-electron chi connectivity index (χ3n) is 8.40. The number of anilines is 2. The van der Waals surface area contributed by atoms with Gasteiger partial charge in [-0.2, -0.15) is 13.2 Å². The van der Waals surface area contributed by atoms with Crippen LogP contribution in [-0.2, 0) is 19.0 Å². The molecule has 2 amide bonds. The van der Waals surface area contributed by atoms with E-state index in [-0.39, 0.29) is 23.6 Å². The fraction of sp³-hybridized carbons (Fsp3) is 0.353. The molecule has 3 aliphatic rings. The number of carbonyl (C=O) groups is 2. The molecule has 1 saturated carbocycles. The second-order valence-corrected chi connectivity index (χ2v) is 12.2. The summed E-state index contributed by atoms with van der Waals surface area (Å²) in [7, 11) is 0. The summed E-state index contributed by atoms with van der Waals surface area (Å²) in [6.07, 6.45) is 2.01. The summed E-state index contributed by atoms with van der Waals surface area (Å²) in [6.45, 7) is 0.814. The summed E-state index contributed by atoms with van der Waals surface area (Å²) in [5, 5.41) is 11.4. The lowest BCUT2D eigenvalue weighted by molar-refractivity contribution is -0.145. The van der Waals surface area contributed by atoms with Crippen molar-refractivity contribution in [2.75, 3.05) is 23.7 Å². The van der Waals surface area contributed by atoms with E-state index >= 15 is 0 Å². The zero-order valence-electron chi connectivity index (χ0n) is 26.1. The molecule has 2 saturated heterocycles. The normalized spacial score (nSPS) is 21.3. The molecule has 4 atom stereocenters. The Morgan fingerprint density at radius 1 is 0.673 bits per heavy atom. The van der Waals surface area contributed by atoms with Crippen molar-refractivity contribution < 1.29 is 31.5 Å². The van der Waals surface area contributed by atoms with E-state index in [0.717, 1.165) is 42.2 Å². The summed E-state index contributed by atoms with van der Waals surface area (Å²) in [5.74, 6) is -0.847. The highest BCUT2D eigenvalue weighted by molar-refractivity contribution is 6.04. The van der Waals surface area contributed by atoms with Crippen LogP contribution >= 0.6 is 0 Å². The lowest BCUT2D eigenvalue weighted by Crippen LogP contribution is -2.55. The molecule has 256 valence electrons. The third-order valence-corrected chi connectivity index (χ3v) is 8.40. The van der Waals surface area contributed by atoms with Gasteiger partial charge in [-0.1, -0.05) is 24.3 Å². The molecule has 4 N–H and O–H groups in total. The highest BCUT2D eigenvalue weighted by Gasteiger charge is 2.34. The van der Waals surface area contributed by atoms with Crippen LogP contribution in [0.3, 0.4) is 0 Å². The SMILES string of the molecule is O=C(Nc1ccc(C[C@@H]2NC[C@@H]2F)cc1)c1cnc(C(F)(F)F)nc1.O=C(Nc1ccc(C[C@@H]2NC[C@@H]2F)cc1)c1cnc(C2CC2)nc1. The summed E-state index contributed by atoms with van der Waals surface area (Å²) in [5.41, 5.74) is 3.49. The van der Waals surface area contributed by atoms with Crippen molar-refractivity contribution in [3.8, 4) is 0 Å². The van der Waals surface area contributed by atoms with Crippen LogP contribution in [0.15, 0.2) is 73.3 Å². The monoisotopic (exact) mass is 680 g/mol. The molecule has 2 aliphatic heterocycles. The van der Waals surface area contributed by atoms with E-state index in [2.05, 4.69) is 41.2 Å². The van der Waals surface area contributed by atoms with Crippen LogP contribution in [0.25, 0.3) is 0 Å². The van der Waals surface area contributed by atoms with Gasteiger partial charge in [0.2, 0.25) is 5.82 Å². The fourth-order valence-corrected chi connectivity index (χ4v) is 5.11. The van der Waals surface area contributed by atoms with Crippen LogP contribution in [0.5, 0.6) is 0 Å². The molecule has 2 aromatic carbocycles. The van der Waals surface area contributed by atoms with Crippen molar-refractivity contribution >= 4 is 23.2 Å². The van der Waals surface area contributed by atoms with Crippen LogP contribution in [0, 0.1) is 0 Å². The molecule has 0 radical (unpaired) electrons. The molecule has 0 spiro atoms. The lowest BCUT2D eigenvalue weighted by atomic mass is 9.96.